The first-order valence-electron chi connectivity index (χ1n) is 11.0. The molecule has 4 N–H and O–H groups in total. The fraction of sp³-hybridized carbons (Fsp3) is 0.391. The lowest BCUT2D eigenvalue weighted by Crippen LogP contribution is -2.51. The number of thiazole rings is 1. The molecule has 3 aromatic rings. The van der Waals surface area contributed by atoms with Crippen LogP contribution >= 0.6 is 11.3 Å². The van der Waals surface area contributed by atoms with Crippen LogP contribution in [0.5, 0.6) is 0 Å². The van der Waals surface area contributed by atoms with E-state index in [-0.39, 0.29) is 5.95 Å². The number of hydrogen-bond acceptors (Lipinski definition) is 6. The van der Waals surface area contributed by atoms with Crippen LogP contribution in [-0.4, -0.2) is 21.0 Å². The number of nitrogens with one attached hydrogen (secondary N) is 2. The van der Waals surface area contributed by atoms with Gasteiger partial charge in [-0.3, -0.25) is 0 Å². The number of amides is 2. The van der Waals surface area contributed by atoms with E-state index in [1.807, 2.05) is 25.1 Å². The summed E-state index contributed by atoms with van der Waals surface area (Å²) < 4.78 is 39.0. The van der Waals surface area contributed by atoms with Gasteiger partial charge in [0, 0.05) is 18.1 Å². The van der Waals surface area contributed by atoms with Crippen LogP contribution in [0.25, 0.3) is 10.4 Å². The number of anilines is 2. The number of rotatable bonds is 7. The highest BCUT2D eigenvalue weighted by atomic mass is 32.1. The molecule has 0 saturated heterocycles. The van der Waals surface area contributed by atoms with Crippen molar-refractivity contribution in [2.24, 2.45) is 17.6 Å². The van der Waals surface area contributed by atoms with Crippen molar-refractivity contribution in [2.75, 3.05) is 5.32 Å². The zero-order valence-electron chi connectivity index (χ0n) is 18.3. The van der Waals surface area contributed by atoms with Gasteiger partial charge in [-0.15, -0.1) is 11.3 Å². The highest BCUT2D eigenvalue weighted by Crippen LogP contribution is 2.58. The minimum Gasteiger partial charge on any atom is -0.352 e. The van der Waals surface area contributed by atoms with E-state index in [0.29, 0.717) is 17.5 Å². The molecule has 2 amide bonds. The first-order chi connectivity index (χ1) is 16.1. The maximum Gasteiger partial charge on any atom is 0.433 e. The second kappa shape index (κ2) is 8.23. The van der Waals surface area contributed by atoms with Gasteiger partial charge < -0.3 is 16.4 Å². The Bertz CT molecular complexity index is 1220. The lowest BCUT2D eigenvalue weighted by atomic mass is 9.88. The molecule has 0 spiro atoms. The Morgan fingerprint density at radius 2 is 1.82 bits per heavy atom. The van der Waals surface area contributed by atoms with Gasteiger partial charge in [0.1, 0.15) is 10.7 Å². The zero-order valence-corrected chi connectivity index (χ0v) is 19.1. The normalized spacial score (nSPS) is 16.4. The number of aromatic nitrogens is 3. The minimum absolute atomic E-state index is 0.136. The van der Waals surface area contributed by atoms with Crippen molar-refractivity contribution in [3.63, 3.8) is 0 Å². The molecule has 178 valence electrons. The number of carbonyl (C=O) groups excluding carboxylic acids is 1. The Kier molecular flexibility index (Phi) is 5.46. The van der Waals surface area contributed by atoms with Crippen LogP contribution in [0.3, 0.4) is 0 Å². The van der Waals surface area contributed by atoms with E-state index in [9.17, 15) is 18.0 Å². The van der Waals surface area contributed by atoms with Gasteiger partial charge in [0.15, 0.2) is 0 Å². The number of carbonyl (C=O) groups is 1. The van der Waals surface area contributed by atoms with E-state index in [4.69, 9.17) is 10.7 Å². The predicted octanol–water partition coefficient (Wildman–Crippen LogP) is 5.35. The van der Waals surface area contributed by atoms with Crippen LogP contribution in [0.15, 0.2) is 36.7 Å². The van der Waals surface area contributed by atoms with Crippen LogP contribution < -0.4 is 16.4 Å². The molecule has 0 radical (unpaired) electrons. The molecule has 2 fully saturated rings. The number of nitrogens with zero attached hydrogens (tertiary/aromatic N) is 3. The van der Waals surface area contributed by atoms with Crippen molar-refractivity contribution >= 4 is 29.0 Å². The van der Waals surface area contributed by atoms with Gasteiger partial charge in [0.05, 0.1) is 10.4 Å². The zero-order chi connectivity index (χ0) is 24.1. The summed E-state index contributed by atoms with van der Waals surface area (Å²) in [4.78, 5) is 25.0. The van der Waals surface area contributed by atoms with E-state index in [1.165, 1.54) is 11.3 Å². The summed E-state index contributed by atoms with van der Waals surface area (Å²) in [5.41, 5.74) is 6.35. The predicted molar refractivity (Wildman–Crippen MR) is 122 cm³/mol. The molecule has 11 heteroatoms. The number of primary amides is 1. The van der Waals surface area contributed by atoms with Gasteiger partial charge in [-0.25, -0.2) is 19.7 Å². The Hall–Kier alpha value is -3.21. The summed E-state index contributed by atoms with van der Waals surface area (Å²) in [6, 6.07) is 5.90. The van der Waals surface area contributed by atoms with Crippen LogP contribution in [0.2, 0.25) is 0 Å². The van der Waals surface area contributed by atoms with E-state index < -0.39 is 23.4 Å². The van der Waals surface area contributed by atoms with Crippen molar-refractivity contribution in [2.45, 2.75) is 44.3 Å². The fourth-order valence-corrected chi connectivity index (χ4v) is 5.73. The first kappa shape index (κ1) is 22.6. The van der Waals surface area contributed by atoms with Crippen LogP contribution in [0.1, 0.15) is 41.9 Å². The molecule has 2 aliphatic rings. The fourth-order valence-electron chi connectivity index (χ4n) is 4.52. The number of hydrogen-bond donors (Lipinski definition) is 3. The molecule has 0 bridgehead atoms. The SMILES string of the molecule is Cc1cc(Nc2nccc(C(F)(F)F)n2)cc(-c2cnc(C(NC(N)=O)(C3CC3)C3CC3)s2)c1. The lowest BCUT2D eigenvalue weighted by Gasteiger charge is -2.32. The molecule has 2 heterocycles. The molecule has 2 saturated carbocycles. The second-order valence-electron chi connectivity index (χ2n) is 8.91. The van der Waals surface area contributed by atoms with E-state index in [1.54, 1.807) is 6.20 Å². The monoisotopic (exact) mass is 488 g/mol. The third-order valence-corrected chi connectivity index (χ3v) is 7.39. The largest absolute Gasteiger partial charge is 0.433 e. The summed E-state index contributed by atoms with van der Waals surface area (Å²) >= 11 is 1.51. The number of halogens is 3. The smallest absolute Gasteiger partial charge is 0.352 e. The van der Waals surface area contributed by atoms with Crippen molar-refractivity contribution in [1.82, 2.24) is 20.3 Å². The summed E-state index contributed by atoms with van der Waals surface area (Å²) in [5, 5.41) is 6.76. The molecule has 1 aromatic carbocycles. The van der Waals surface area contributed by atoms with E-state index in [2.05, 4.69) is 20.6 Å². The van der Waals surface area contributed by atoms with Gasteiger partial charge in [-0.05, 0) is 73.8 Å². The molecule has 2 aromatic heterocycles. The Morgan fingerprint density at radius 1 is 1.12 bits per heavy atom. The number of urea groups is 1. The number of alkyl halides is 3. The summed E-state index contributed by atoms with van der Waals surface area (Å²) in [7, 11) is 0. The van der Waals surface area contributed by atoms with Gasteiger partial charge in [-0.2, -0.15) is 13.2 Å². The molecule has 7 nitrogen and oxygen atoms in total. The van der Waals surface area contributed by atoms with Gasteiger partial charge in [-0.1, -0.05) is 6.07 Å². The third kappa shape index (κ3) is 4.44. The van der Waals surface area contributed by atoms with E-state index in [0.717, 1.165) is 59.0 Å². The average Bonchev–Trinajstić information content (AvgIpc) is 3.69. The Labute approximate surface area is 198 Å². The molecule has 0 aliphatic heterocycles. The molecule has 5 rings (SSSR count). The summed E-state index contributed by atoms with van der Waals surface area (Å²) in [5.74, 6) is 0.530. The summed E-state index contributed by atoms with van der Waals surface area (Å²) in [6.45, 7) is 1.90. The standard InChI is InChI=1S/C23H23F3N6OS/c1-12-8-13(10-16(9-12)30-21-28-7-6-18(31-21)23(24,25)26)17-11-29-19(34-17)22(14-2-3-14,15-4-5-15)32-20(27)33/h6-11,14-15H,2-5H2,1H3,(H3,27,32,33)(H,28,30,31). The van der Waals surface area contributed by atoms with E-state index >= 15 is 0 Å². The lowest BCUT2D eigenvalue weighted by molar-refractivity contribution is -0.141. The third-order valence-electron chi connectivity index (χ3n) is 6.20. The Balaban J connectivity index is 1.45. The van der Waals surface area contributed by atoms with Gasteiger partial charge >= 0.3 is 12.2 Å². The molecule has 0 unspecified atom stereocenters. The molecule has 0 atom stereocenters. The maximum absolute atomic E-state index is 13.0. The topological polar surface area (TPSA) is 106 Å². The highest BCUT2D eigenvalue weighted by Gasteiger charge is 2.57. The number of benzene rings is 1. The number of aryl methyl sites for hydroxylation is 1. The molecule has 2 aliphatic carbocycles. The highest BCUT2D eigenvalue weighted by molar-refractivity contribution is 7.15. The van der Waals surface area contributed by atoms with Crippen molar-refractivity contribution < 1.29 is 18.0 Å². The minimum atomic E-state index is -4.55. The van der Waals surface area contributed by atoms with Crippen molar-refractivity contribution in [3.8, 4) is 10.4 Å². The van der Waals surface area contributed by atoms with Crippen LogP contribution in [0.4, 0.5) is 29.6 Å². The van der Waals surface area contributed by atoms with Crippen molar-refractivity contribution in [3.05, 3.63) is 52.9 Å². The molecular weight excluding hydrogens is 465 g/mol. The summed E-state index contributed by atoms with van der Waals surface area (Å²) in [6.07, 6.45) is 2.42. The second-order valence-corrected chi connectivity index (χ2v) is 9.94. The average molecular weight is 489 g/mol. The van der Waals surface area contributed by atoms with Gasteiger partial charge in [0.25, 0.3) is 0 Å². The quantitative estimate of drug-likeness (QED) is 0.416. The van der Waals surface area contributed by atoms with Crippen LogP contribution in [0, 0.1) is 18.8 Å². The van der Waals surface area contributed by atoms with Crippen molar-refractivity contribution in [1.29, 1.82) is 0 Å². The van der Waals surface area contributed by atoms with Crippen LogP contribution in [-0.2, 0) is 11.7 Å². The molecule has 34 heavy (non-hydrogen) atoms. The van der Waals surface area contributed by atoms with Gasteiger partial charge in [0.2, 0.25) is 5.95 Å². The number of nitrogens with two attached hydrogens (primary N) is 1. The maximum atomic E-state index is 13.0. The first-order valence-corrected chi connectivity index (χ1v) is 11.8. The Morgan fingerprint density at radius 3 is 2.44 bits per heavy atom. The molecular formula is C23H23F3N6OS.